The average molecular weight is 368 g/mol. The van der Waals surface area contributed by atoms with Gasteiger partial charge in [-0.25, -0.2) is 0 Å². The van der Waals surface area contributed by atoms with E-state index in [1.807, 2.05) is 0 Å². The van der Waals surface area contributed by atoms with Gasteiger partial charge in [-0.05, 0) is 67.0 Å². The van der Waals surface area contributed by atoms with Crippen LogP contribution in [-0.4, -0.2) is 24.5 Å². The van der Waals surface area contributed by atoms with Crippen molar-refractivity contribution in [1.29, 1.82) is 0 Å². The first kappa shape index (κ1) is 16.8. The highest BCUT2D eigenvalue weighted by atomic mass is 79.9. The van der Waals surface area contributed by atoms with E-state index in [1.165, 1.54) is 0 Å². The molecule has 0 unspecified atom stereocenters. The van der Waals surface area contributed by atoms with E-state index in [0.717, 1.165) is 30.4 Å². The third-order valence-corrected chi connectivity index (χ3v) is 4.52. The second-order valence-corrected chi connectivity index (χ2v) is 6.16. The maximum atomic E-state index is 12.2. The first-order valence-electron chi connectivity index (χ1n) is 5.98. The van der Waals surface area contributed by atoms with Gasteiger partial charge in [0, 0.05) is 15.6 Å². The zero-order chi connectivity index (χ0) is 13.2. The Morgan fingerprint density at radius 3 is 2.63 bits per heavy atom. The lowest BCUT2D eigenvalue weighted by molar-refractivity contribution is 0.0887. The lowest BCUT2D eigenvalue weighted by atomic mass is 9.90. The molecule has 0 bridgehead atoms. The van der Waals surface area contributed by atoms with Gasteiger partial charge >= 0.3 is 0 Å². The SMILES string of the molecule is CC1(NC(=O)c2ccc(Cl)c(Br)c2)CCNCC1.Cl. The minimum absolute atomic E-state index is 0. The Kier molecular flexibility index (Phi) is 6.12. The summed E-state index contributed by atoms with van der Waals surface area (Å²) in [6.07, 6.45) is 1.90. The van der Waals surface area contributed by atoms with Gasteiger partial charge in [0.2, 0.25) is 0 Å². The van der Waals surface area contributed by atoms with Crippen molar-refractivity contribution in [3.8, 4) is 0 Å². The fourth-order valence-electron chi connectivity index (χ4n) is 2.09. The maximum absolute atomic E-state index is 12.2. The number of nitrogens with one attached hydrogen (secondary N) is 2. The van der Waals surface area contributed by atoms with Crippen LogP contribution in [0.25, 0.3) is 0 Å². The minimum Gasteiger partial charge on any atom is -0.347 e. The van der Waals surface area contributed by atoms with Crippen LogP contribution in [-0.2, 0) is 0 Å². The molecule has 1 aromatic carbocycles. The van der Waals surface area contributed by atoms with Crippen molar-refractivity contribution in [2.45, 2.75) is 25.3 Å². The second kappa shape index (κ2) is 6.93. The van der Waals surface area contributed by atoms with Crippen LogP contribution in [0.4, 0.5) is 0 Å². The van der Waals surface area contributed by atoms with E-state index in [1.54, 1.807) is 18.2 Å². The third kappa shape index (κ3) is 4.35. The number of hydrogen-bond donors (Lipinski definition) is 2. The maximum Gasteiger partial charge on any atom is 0.251 e. The summed E-state index contributed by atoms with van der Waals surface area (Å²) in [5.74, 6) is -0.0447. The summed E-state index contributed by atoms with van der Waals surface area (Å²) in [6.45, 7) is 3.99. The highest BCUT2D eigenvalue weighted by Crippen LogP contribution is 2.24. The van der Waals surface area contributed by atoms with E-state index in [0.29, 0.717) is 10.6 Å². The first-order chi connectivity index (χ1) is 8.50. The van der Waals surface area contributed by atoms with Gasteiger partial charge in [-0.2, -0.15) is 0 Å². The number of hydrogen-bond acceptors (Lipinski definition) is 2. The molecule has 0 aliphatic carbocycles. The molecule has 6 heteroatoms. The Balaban J connectivity index is 0.00000180. The summed E-state index contributed by atoms with van der Waals surface area (Å²) >= 11 is 9.25. The van der Waals surface area contributed by atoms with Crippen LogP contribution in [0, 0.1) is 0 Å². The van der Waals surface area contributed by atoms with Crippen LogP contribution in [0.2, 0.25) is 5.02 Å². The van der Waals surface area contributed by atoms with Gasteiger partial charge in [0.15, 0.2) is 0 Å². The topological polar surface area (TPSA) is 41.1 Å². The third-order valence-electron chi connectivity index (χ3n) is 3.30. The molecule has 1 aliphatic heterocycles. The molecule has 1 fully saturated rings. The van der Waals surface area contributed by atoms with Gasteiger partial charge in [0.1, 0.15) is 0 Å². The van der Waals surface area contributed by atoms with Crippen molar-refractivity contribution >= 4 is 45.8 Å². The second-order valence-electron chi connectivity index (χ2n) is 4.89. The molecule has 1 amide bonds. The number of halogens is 3. The van der Waals surface area contributed by atoms with Gasteiger partial charge in [-0.1, -0.05) is 11.6 Å². The van der Waals surface area contributed by atoms with E-state index in [4.69, 9.17) is 11.6 Å². The van der Waals surface area contributed by atoms with Crippen molar-refractivity contribution in [2.75, 3.05) is 13.1 Å². The number of carbonyl (C=O) groups is 1. The average Bonchev–Trinajstić information content (AvgIpc) is 2.33. The Morgan fingerprint density at radius 1 is 1.42 bits per heavy atom. The smallest absolute Gasteiger partial charge is 0.251 e. The molecule has 0 radical (unpaired) electrons. The van der Waals surface area contributed by atoms with Crippen molar-refractivity contribution < 1.29 is 4.79 Å². The molecule has 0 aromatic heterocycles. The summed E-state index contributed by atoms with van der Waals surface area (Å²) in [7, 11) is 0. The van der Waals surface area contributed by atoms with E-state index in [2.05, 4.69) is 33.5 Å². The lowest BCUT2D eigenvalue weighted by Crippen LogP contribution is -2.52. The van der Waals surface area contributed by atoms with E-state index >= 15 is 0 Å². The highest BCUT2D eigenvalue weighted by molar-refractivity contribution is 9.10. The molecule has 0 saturated carbocycles. The molecule has 1 saturated heterocycles. The molecular formula is C13H17BrCl2N2O. The zero-order valence-corrected chi connectivity index (χ0v) is 13.8. The van der Waals surface area contributed by atoms with Gasteiger partial charge in [0.05, 0.1) is 5.02 Å². The van der Waals surface area contributed by atoms with E-state index < -0.39 is 0 Å². The van der Waals surface area contributed by atoms with Crippen molar-refractivity contribution in [1.82, 2.24) is 10.6 Å². The van der Waals surface area contributed by atoms with Crippen LogP contribution in [0.15, 0.2) is 22.7 Å². The molecule has 2 N–H and O–H groups in total. The molecule has 2 rings (SSSR count). The summed E-state index contributed by atoms with van der Waals surface area (Å²) in [5.41, 5.74) is 0.514. The predicted molar refractivity (Wildman–Crippen MR) is 84.4 cm³/mol. The number of rotatable bonds is 2. The molecule has 1 aliphatic rings. The first-order valence-corrected chi connectivity index (χ1v) is 7.16. The van der Waals surface area contributed by atoms with Crippen molar-refractivity contribution in [3.63, 3.8) is 0 Å². The Hall–Kier alpha value is -0.290. The molecule has 1 aromatic rings. The molecule has 0 spiro atoms. The number of benzene rings is 1. The highest BCUT2D eigenvalue weighted by Gasteiger charge is 2.28. The molecule has 1 heterocycles. The van der Waals surface area contributed by atoms with Gasteiger partial charge < -0.3 is 10.6 Å². The van der Waals surface area contributed by atoms with Gasteiger partial charge in [0.25, 0.3) is 5.91 Å². The molecule has 106 valence electrons. The fraction of sp³-hybridized carbons (Fsp3) is 0.462. The van der Waals surface area contributed by atoms with Crippen LogP contribution in [0.3, 0.4) is 0 Å². The summed E-state index contributed by atoms with van der Waals surface area (Å²) in [6, 6.07) is 5.22. The number of carbonyl (C=O) groups excluding carboxylic acids is 1. The van der Waals surface area contributed by atoms with Crippen LogP contribution in [0.1, 0.15) is 30.1 Å². The van der Waals surface area contributed by atoms with Gasteiger partial charge in [-0.15, -0.1) is 12.4 Å². The monoisotopic (exact) mass is 366 g/mol. The summed E-state index contributed by atoms with van der Waals surface area (Å²) in [4.78, 5) is 12.2. The quantitative estimate of drug-likeness (QED) is 0.841. The van der Waals surface area contributed by atoms with E-state index in [-0.39, 0.29) is 23.9 Å². The fourth-order valence-corrected chi connectivity index (χ4v) is 2.58. The van der Waals surface area contributed by atoms with Crippen molar-refractivity contribution in [2.24, 2.45) is 0 Å². The Morgan fingerprint density at radius 2 is 2.05 bits per heavy atom. The van der Waals surface area contributed by atoms with Crippen LogP contribution >= 0.6 is 39.9 Å². The Labute approximate surface area is 133 Å². The van der Waals surface area contributed by atoms with Crippen molar-refractivity contribution in [3.05, 3.63) is 33.3 Å². The number of amides is 1. The van der Waals surface area contributed by atoms with Gasteiger partial charge in [-0.3, -0.25) is 4.79 Å². The van der Waals surface area contributed by atoms with Crippen LogP contribution in [0.5, 0.6) is 0 Å². The summed E-state index contributed by atoms with van der Waals surface area (Å²) in [5, 5.41) is 7.02. The molecule has 0 atom stereocenters. The molecule has 19 heavy (non-hydrogen) atoms. The minimum atomic E-state index is -0.117. The summed E-state index contributed by atoms with van der Waals surface area (Å²) < 4.78 is 0.743. The standard InChI is InChI=1S/C13H16BrClN2O.ClH/c1-13(4-6-16-7-5-13)17-12(18)9-2-3-11(15)10(14)8-9;/h2-3,8,16H,4-7H2,1H3,(H,17,18);1H. The normalized spacial score (nSPS) is 17.4. The van der Waals surface area contributed by atoms with Crippen LogP contribution < -0.4 is 10.6 Å². The van der Waals surface area contributed by atoms with E-state index in [9.17, 15) is 4.79 Å². The lowest BCUT2D eigenvalue weighted by Gasteiger charge is -2.35. The molecule has 3 nitrogen and oxygen atoms in total. The molecular weight excluding hydrogens is 351 g/mol. The predicted octanol–water partition coefficient (Wildman–Crippen LogP) is 3.40. The number of piperidine rings is 1. The largest absolute Gasteiger partial charge is 0.347 e. The Bertz CT molecular complexity index is 462. The zero-order valence-electron chi connectivity index (χ0n) is 10.6.